The molecule has 1 aliphatic rings. The summed E-state index contributed by atoms with van der Waals surface area (Å²) in [6.45, 7) is 1.09. The lowest BCUT2D eigenvalue weighted by atomic mass is 10.2. The Morgan fingerprint density at radius 2 is 1.90 bits per heavy atom. The number of nitro groups is 1. The molecule has 30 heavy (non-hydrogen) atoms. The largest absolute Gasteiger partial charge is 0.379 e. The van der Waals surface area contributed by atoms with E-state index in [0.717, 1.165) is 6.07 Å². The fraction of sp³-hybridized carbons (Fsp3) is 0.333. The van der Waals surface area contributed by atoms with E-state index in [2.05, 4.69) is 15.6 Å². The van der Waals surface area contributed by atoms with Gasteiger partial charge >= 0.3 is 0 Å². The van der Waals surface area contributed by atoms with E-state index in [1.807, 2.05) is 0 Å². The number of carbonyl (C=O) groups is 1. The number of hydrogen-bond donors (Lipinski definition) is 2. The summed E-state index contributed by atoms with van der Waals surface area (Å²) in [4.78, 5) is 26.5. The van der Waals surface area contributed by atoms with Gasteiger partial charge in [0.2, 0.25) is 15.9 Å². The first-order valence-electron chi connectivity index (χ1n) is 9.18. The van der Waals surface area contributed by atoms with Crippen LogP contribution in [0.15, 0.2) is 47.6 Å². The molecular formula is C18H21N5O6S. The van der Waals surface area contributed by atoms with Gasteiger partial charge in [0, 0.05) is 50.2 Å². The molecule has 11 nitrogen and oxygen atoms in total. The summed E-state index contributed by atoms with van der Waals surface area (Å²) in [7, 11) is -3.85. The first-order valence-corrected chi connectivity index (χ1v) is 10.6. The quantitative estimate of drug-likeness (QED) is 0.468. The summed E-state index contributed by atoms with van der Waals surface area (Å²) in [5.41, 5.74) is 0.357. The van der Waals surface area contributed by atoms with E-state index in [1.165, 1.54) is 16.4 Å². The number of anilines is 2. The van der Waals surface area contributed by atoms with Gasteiger partial charge in [-0.1, -0.05) is 0 Å². The summed E-state index contributed by atoms with van der Waals surface area (Å²) in [5.74, 6) is -0.275. The molecule has 0 saturated carbocycles. The average molecular weight is 435 g/mol. The Kier molecular flexibility index (Phi) is 6.92. The summed E-state index contributed by atoms with van der Waals surface area (Å²) in [6, 6.07) is 6.97. The molecule has 0 atom stereocenters. The van der Waals surface area contributed by atoms with E-state index in [1.54, 1.807) is 24.5 Å². The SMILES string of the molecule is O=C(CCNc1ccc(S(=O)(=O)N2CCOCC2)cc1[N+](=O)[O-])Nc1ccncc1. The fourth-order valence-electron chi connectivity index (χ4n) is 2.88. The lowest BCUT2D eigenvalue weighted by Crippen LogP contribution is -2.40. The van der Waals surface area contributed by atoms with Gasteiger partial charge in [-0.2, -0.15) is 4.31 Å². The molecule has 160 valence electrons. The van der Waals surface area contributed by atoms with E-state index < -0.39 is 14.9 Å². The second kappa shape index (κ2) is 9.61. The third-order valence-corrected chi connectivity index (χ3v) is 6.30. The molecule has 0 radical (unpaired) electrons. The number of hydrogen-bond acceptors (Lipinski definition) is 8. The molecule has 0 aliphatic carbocycles. The highest BCUT2D eigenvalue weighted by atomic mass is 32.2. The van der Waals surface area contributed by atoms with Gasteiger partial charge in [-0.15, -0.1) is 0 Å². The van der Waals surface area contributed by atoms with Gasteiger partial charge in [0.15, 0.2) is 0 Å². The molecule has 1 aromatic heterocycles. The van der Waals surface area contributed by atoms with Crippen molar-refractivity contribution in [3.8, 4) is 0 Å². The Morgan fingerprint density at radius 3 is 2.57 bits per heavy atom. The topological polar surface area (TPSA) is 144 Å². The van der Waals surface area contributed by atoms with E-state index in [-0.39, 0.29) is 61.4 Å². The van der Waals surface area contributed by atoms with Gasteiger partial charge in [0.25, 0.3) is 5.69 Å². The number of carbonyl (C=O) groups excluding carboxylic acids is 1. The molecule has 2 aromatic rings. The first kappa shape index (κ1) is 21.6. The van der Waals surface area contributed by atoms with Crippen LogP contribution in [0, 0.1) is 10.1 Å². The van der Waals surface area contributed by atoms with Crippen LogP contribution in [-0.4, -0.2) is 61.4 Å². The van der Waals surface area contributed by atoms with Crippen LogP contribution in [-0.2, 0) is 19.6 Å². The monoisotopic (exact) mass is 435 g/mol. The summed E-state index contributed by atoms with van der Waals surface area (Å²) >= 11 is 0. The molecule has 0 spiro atoms. The normalized spacial score (nSPS) is 14.8. The maximum atomic E-state index is 12.7. The minimum Gasteiger partial charge on any atom is -0.379 e. The summed E-state index contributed by atoms with van der Waals surface area (Å²) in [5, 5.41) is 17.0. The third-order valence-electron chi connectivity index (χ3n) is 4.41. The Labute approximate surface area is 173 Å². The number of rotatable bonds is 8. The Balaban J connectivity index is 1.66. The van der Waals surface area contributed by atoms with Crippen molar-refractivity contribution in [1.82, 2.24) is 9.29 Å². The average Bonchev–Trinajstić information content (AvgIpc) is 2.75. The molecule has 1 fully saturated rings. The van der Waals surface area contributed by atoms with Crippen LogP contribution in [0.25, 0.3) is 0 Å². The number of morpholine rings is 1. The number of amides is 1. The second-order valence-corrected chi connectivity index (χ2v) is 8.35. The van der Waals surface area contributed by atoms with Crippen molar-refractivity contribution in [2.24, 2.45) is 0 Å². The maximum absolute atomic E-state index is 12.7. The zero-order valence-corrected chi connectivity index (χ0v) is 16.8. The number of ether oxygens (including phenoxy) is 1. The van der Waals surface area contributed by atoms with Crippen LogP contribution in [0.1, 0.15) is 6.42 Å². The molecule has 1 amide bonds. The number of sulfonamides is 1. The summed E-state index contributed by atoms with van der Waals surface area (Å²) in [6.07, 6.45) is 3.15. The minimum absolute atomic E-state index is 0.0628. The van der Waals surface area contributed by atoms with Crippen LogP contribution >= 0.6 is 0 Å². The standard InChI is InChI=1S/C18H21N5O6S/c24-18(21-14-3-6-19-7-4-14)5-8-20-16-2-1-15(13-17(16)23(25)26)30(27,28)22-9-11-29-12-10-22/h1-4,6-7,13,20H,5,8-12H2,(H,19,21,24). The molecule has 2 heterocycles. The smallest absolute Gasteiger partial charge is 0.293 e. The molecule has 0 bridgehead atoms. The van der Waals surface area contributed by atoms with Crippen LogP contribution < -0.4 is 10.6 Å². The van der Waals surface area contributed by atoms with Crippen LogP contribution in [0.3, 0.4) is 0 Å². The molecule has 12 heteroatoms. The third kappa shape index (κ3) is 5.28. The molecule has 1 aliphatic heterocycles. The predicted molar refractivity (Wildman–Crippen MR) is 109 cm³/mol. The molecular weight excluding hydrogens is 414 g/mol. The van der Waals surface area contributed by atoms with Gasteiger partial charge < -0.3 is 15.4 Å². The predicted octanol–water partition coefficient (Wildman–Crippen LogP) is 1.45. The van der Waals surface area contributed by atoms with Crippen LogP contribution in [0.5, 0.6) is 0 Å². The van der Waals surface area contributed by atoms with Crippen molar-refractivity contribution in [2.75, 3.05) is 43.5 Å². The van der Waals surface area contributed by atoms with Crippen molar-refractivity contribution in [1.29, 1.82) is 0 Å². The van der Waals surface area contributed by atoms with Gasteiger partial charge in [-0.3, -0.25) is 19.9 Å². The number of benzene rings is 1. The van der Waals surface area contributed by atoms with Crippen molar-refractivity contribution < 1.29 is 22.9 Å². The van der Waals surface area contributed by atoms with Gasteiger partial charge in [-0.25, -0.2) is 8.42 Å². The number of nitro benzene ring substituents is 1. The van der Waals surface area contributed by atoms with E-state index in [4.69, 9.17) is 4.74 Å². The van der Waals surface area contributed by atoms with Crippen molar-refractivity contribution in [3.63, 3.8) is 0 Å². The fourth-order valence-corrected chi connectivity index (χ4v) is 4.31. The highest BCUT2D eigenvalue weighted by molar-refractivity contribution is 7.89. The molecule has 2 N–H and O–H groups in total. The number of nitrogens with one attached hydrogen (secondary N) is 2. The minimum atomic E-state index is -3.85. The number of nitrogens with zero attached hydrogens (tertiary/aromatic N) is 3. The maximum Gasteiger partial charge on any atom is 0.293 e. The van der Waals surface area contributed by atoms with Crippen molar-refractivity contribution in [2.45, 2.75) is 11.3 Å². The van der Waals surface area contributed by atoms with Crippen LogP contribution in [0.4, 0.5) is 17.1 Å². The highest BCUT2D eigenvalue weighted by Gasteiger charge is 2.28. The van der Waals surface area contributed by atoms with Crippen molar-refractivity contribution >= 4 is 33.0 Å². The number of aromatic nitrogens is 1. The van der Waals surface area contributed by atoms with E-state index in [9.17, 15) is 23.3 Å². The molecule has 1 saturated heterocycles. The number of pyridine rings is 1. The van der Waals surface area contributed by atoms with Crippen LogP contribution in [0.2, 0.25) is 0 Å². The van der Waals surface area contributed by atoms with Gasteiger partial charge in [0.1, 0.15) is 5.69 Å². The zero-order chi connectivity index (χ0) is 21.6. The van der Waals surface area contributed by atoms with Gasteiger partial charge in [-0.05, 0) is 24.3 Å². The molecule has 0 unspecified atom stereocenters. The van der Waals surface area contributed by atoms with E-state index in [0.29, 0.717) is 5.69 Å². The lowest BCUT2D eigenvalue weighted by molar-refractivity contribution is -0.384. The Morgan fingerprint density at radius 1 is 1.20 bits per heavy atom. The summed E-state index contributed by atoms with van der Waals surface area (Å²) < 4.78 is 31.8. The lowest BCUT2D eigenvalue weighted by Gasteiger charge is -2.26. The second-order valence-electron chi connectivity index (χ2n) is 6.41. The van der Waals surface area contributed by atoms with Gasteiger partial charge in [0.05, 0.1) is 23.0 Å². The highest BCUT2D eigenvalue weighted by Crippen LogP contribution is 2.29. The Hall–Kier alpha value is -3.09. The van der Waals surface area contributed by atoms with E-state index >= 15 is 0 Å². The molecule has 3 rings (SSSR count). The Bertz CT molecular complexity index is 1010. The first-order chi connectivity index (χ1) is 14.4. The van der Waals surface area contributed by atoms with Crippen molar-refractivity contribution in [3.05, 3.63) is 52.8 Å². The zero-order valence-electron chi connectivity index (χ0n) is 16.0. The molecule has 1 aromatic carbocycles.